The Balaban J connectivity index is 2.51. The van der Waals surface area contributed by atoms with Crippen LogP contribution in [0.25, 0.3) is 0 Å². The van der Waals surface area contributed by atoms with Crippen LogP contribution in [0.2, 0.25) is 0 Å². The lowest BCUT2D eigenvalue weighted by Gasteiger charge is -2.18. The zero-order valence-corrected chi connectivity index (χ0v) is 14.4. The van der Waals surface area contributed by atoms with Gasteiger partial charge < -0.3 is 5.11 Å². The summed E-state index contributed by atoms with van der Waals surface area (Å²) in [7, 11) is 0. The van der Waals surface area contributed by atoms with Crippen molar-refractivity contribution in [3.63, 3.8) is 0 Å². The predicted molar refractivity (Wildman–Crippen MR) is 93.2 cm³/mol. The van der Waals surface area contributed by atoms with Crippen LogP contribution in [0.15, 0.2) is 36.4 Å². The van der Waals surface area contributed by atoms with E-state index in [2.05, 4.69) is 67.6 Å². The van der Waals surface area contributed by atoms with Gasteiger partial charge in [0.1, 0.15) is 6.10 Å². The van der Waals surface area contributed by atoms with Crippen LogP contribution < -0.4 is 0 Å². The lowest BCUT2D eigenvalue weighted by molar-refractivity contribution is 0.218. The number of rotatable bonds is 4. The standard InChI is InChI=1S/C18H21IO/c1-4-13-9-10-14(5-2)16(11-13)18(20)15-8-6-7-12(3)17(15)19/h6-11,18,20H,4-5H2,1-3H3. The highest BCUT2D eigenvalue weighted by molar-refractivity contribution is 14.1. The van der Waals surface area contributed by atoms with E-state index in [-0.39, 0.29) is 0 Å². The molecule has 1 nitrogen and oxygen atoms in total. The van der Waals surface area contributed by atoms with Gasteiger partial charge in [-0.15, -0.1) is 0 Å². The predicted octanol–water partition coefficient (Wildman–Crippen LogP) is 4.81. The van der Waals surface area contributed by atoms with Crippen LogP contribution in [0.5, 0.6) is 0 Å². The molecule has 0 fully saturated rings. The van der Waals surface area contributed by atoms with E-state index in [0.29, 0.717) is 0 Å². The summed E-state index contributed by atoms with van der Waals surface area (Å²) < 4.78 is 1.15. The summed E-state index contributed by atoms with van der Waals surface area (Å²) in [4.78, 5) is 0. The Bertz CT molecular complexity index is 604. The van der Waals surface area contributed by atoms with Gasteiger partial charge in [-0.2, -0.15) is 0 Å². The maximum absolute atomic E-state index is 10.8. The number of benzene rings is 2. The molecule has 1 atom stereocenters. The Morgan fingerprint density at radius 1 is 1.05 bits per heavy atom. The van der Waals surface area contributed by atoms with Gasteiger partial charge in [0, 0.05) is 3.57 Å². The fourth-order valence-corrected chi connectivity index (χ4v) is 3.14. The SMILES string of the molecule is CCc1ccc(CC)c(C(O)c2cccc(C)c2I)c1. The zero-order valence-electron chi connectivity index (χ0n) is 12.3. The second-order valence-electron chi connectivity index (χ2n) is 5.12. The summed E-state index contributed by atoms with van der Waals surface area (Å²) in [6.45, 7) is 6.37. The number of hydrogen-bond donors (Lipinski definition) is 1. The fraction of sp³-hybridized carbons (Fsp3) is 0.333. The van der Waals surface area contributed by atoms with Gasteiger partial charge in [0.2, 0.25) is 0 Å². The minimum Gasteiger partial charge on any atom is -0.384 e. The normalized spacial score (nSPS) is 12.4. The minimum atomic E-state index is -0.539. The summed E-state index contributed by atoms with van der Waals surface area (Å²) in [6.07, 6.45) is 1.40. The molecular formula is C18H21IO. The van der Waals surface area contributed by atoms with Gasteiger partial charge >= 0.3 is 0 Å². The molecule has 0 aromatic heterocycles. The lowest BCUT2D eigenvalue weighted by atomic mass is 9.92. The van der Waals surface area contributed by atoms with Gasteiger partial charge in [0.25, 0.3) is 0 Å². The van der Waals surface area contributed by atoms with Crippen molar-refractivity contribution in [3.05, 3.63) is 67.8 Å². The Hall–Kier alpha value is -0.870. The molecule has 0 radical (unpaired) electrons. The Morgan fingerprint density at radius 3 is 2.45 bits per heavy atom. The molecule has 0 heterocycles. The van der Waals surface area contributed by atoms with E-state index in [1.165, 1.54) is 16.7 Å². The molecule has 2 aromatic rings. The fourth-order valence-electron chi connectivity index (χ4n) is 2.49. The molecule has 0 spiro atoms. The van der Waals surface area contributed by atoms with E-state index in [0.717, 1.165) is 27.5 Å². The molecule has 2 rings (SSSR count). The van der Waals surface area contributed by atoms with E-state index < -0.39 is 6.10 Å². The number of aliphatic hydroxyl groups excluding tert-OH is 1. The maximum atomic E-state index is 10.8. The Kier molecular flexibility index (Phi) is 5.22. The van der Waals surface area contributed by atoms with Gasteiger partial charge in [0.15, 0.2) is 0 Å². The van der Waals surface area contributed by atoms with Crippen molar-refractivity contribution in [2.75, 3.05) is 0 Å². The van der Waals surface area contributed by atoms with E-state index in [1.54, 1.807) is 0 Å². The molecule has 0 saturated heterocycles. The van der Waals surface area contributed by atoms with Crippen molar-refractivity contribution < 1.29 is 5.11 Å². The van der Waals surface area contributed by atoms with Gasteiger partial charge in [0.05, 0.1) is 0 Å². The largest absolute Gasteiger partial charge is 0.384 e. The Morgan fingerprint density at radius 2 is 1.80 bits per heavy atom. The number of hydrogen-bond acceptors (Lipinski definition) is 1. The second kappa shape index (κ2) is 6.72. The monoisotopic (exact) mass is 380 g/mol. The summed E-state index contributed by atoms with van der Waals surface area (Å²) >= 11 is 2.33. The average molecular weight is 380 g/mol. The highest BCUT2D eigenvalue weighted by Crippen LogP contribution is 2.31. The van der Waals surface area contributed by atoms with Crippen LogP contribution >= 0.6 is 22.6 Å². The van der Waals surface area contributed by atoms with Crippen LogP contribution in [-0.2, 0) is 12.8 Å². The molecule has 0 bridgehead atoms. The maximum Gasteiger partial charge on any atom is 0.105 e. The van der Waals surface area contributed by atoms with Crippen LogP contribution in [0.4, 0.5) is 0 Å². The third kappa shape index (κ3) is 3.07. The molecule has 2 aromatic carbocycles. The molecular weight excluding hydrogens is 359 g/mol. The highest BCUT2D eigenvalue weighted by atomic mass is 127. The van der Waals surface area contributed by atoms with Crippen molar-refractivity contribution in [2.45, 2.75) is 39.7 Å². The molecule has 2 heteroatoms. The number of halogens is 1. The Labute approximate surface area is 135 Å². The first-order valence-corrected chi connectivity index (χ1v) is 8.21. The van der Waals surface area contributed by atoms with Crippen molar-refractivity contribution in [1.29, 1.82) is 0 Å². The van der Waals surface area contributed by atoms with Gasteiger partial charge in [-0.1, -0.05) is 50.2 Å². The summed E-state index contributed by atoms with van der Waals surface area (Å²) in [5.74, 6) is 0. The third-order valence-corrected chi connectivity index (χ3v) is 5.28. The van der Waals surface area contributed by atoms with E-state index in [1.807, 2.05) is 12.1 Å². The average Bonchev–Trinajstić information content (AvgIpc) is 2.48. The first-order valence-electron chi connectivity index (χ1n) is 7.13. The molecule has 0 saturated carbocycles. The van der Waals surface area contributed by atoms with E-state index in [9.17, 15) is 5.11 Å². The van der Waals surface area contributed by atoms with Crippen molar-refractivity contribution >= 4 is 22.6 Å². The molecule has 0 aliphatic carbocycles. The first kappa shape index (κ1) is 15.5. The summed E-state index contributed by atoms with van der Waals surface area (Å²) in [5, 5.41) is 10.8. The topological polar surface area (TPSA) is 20.2 Å². The van der Waals surface area contributed by atoms with Crippen molar-refractivity contribution in [1.82, 2.24) is 0 Å². The van der Waals surface area contributed by atoms with Gasteiger partial charge in [-0.05, 0) is 70.2 Å². The van der Waals surface area contributed by atoms with Gasteiger partial charge in [-0.3, -0.25) is 0 Å². The summed E-state index contributed by atoms with van der Waals surface area (Å²) in [5.41, 5.74) is 5.78. The van der Waals surface area contributed by atoms with E-state index in [4.69, 9.17) is 0 Å². The second-order valence-corrected chi connectivity index (χ2v) is 6.20. The third-order valence-electron chi connectivity index (χ3n) is 3.81. The molecule has 1 N–H and O–H groups in total. The van der Waals surface area contributed by atoms with Crippen LogP contribution in [-0.4, -0.2) is 5.11 Å². The zero-order chi connectivity index (χ0) is 14.7. The minimum absolute atomic E-state index is 0.539. The van der Waals surface area contributed by atoms with Crippen LogP contribution in [0, 0.1) is 10.5 Å². The smallest absolute Gasteiger partial charge is 0.105 e. The highest BCUT2D eigenvalue weighted by Gasteiger charge is 2.17. The number of aryl methyl sites for hydroxylation is 3. The van der Waals surface area contributed by atoms with Crippen molar-refractivity contribution in [3.8, 4) is 0 Å². The quantitative estimate of drug-likeness (QED) is 0.755. The van der Waals surface area contributed by atoms with Crippen LogP contribution in [0.1, 0.15) is 47.8 Å². The van der Waals surface area contributed by atoms with Crippen molar-refractivity contribution in [2.24, 2.45) is 0 Å². The molecule has 0 amide bonds. The summed E-state index contributed by atoms with van der Waals surface area (Å²) in [6, 6.07) is 12.6. The van der Waals surface area contributed by atoms with E-state index >= 15 is 0 Å². The van der Waals surface area contributed by atoms with Gasteiger partial charge in [-0.25, -0.2) is 0 Å². The molecule has 20 heavy (non-hydrogen) atoms. The molecule has 0 aliphatic heterocycles. The molecule has 0 aliphatic rings. The molecule has 1 unspecified atom stereocenters. The lowest BCUT2D eigenvalue weighted by Crippen LogP contribution is -2.07. The molecule has 106 valence electrons. The first-order chi connectivity index (χ1) is 9.58. The number of aliphatic hydroxyl groups is 1. The van der Waals surface area contributed by atoms with Crippen LogP contribution in [0.3, 0.4) is 0 Å².